The van der Waals surface area contributed by atoms with E-state index in [-0.39, 0.29) is 17.7 Å². The number of rotatable bonds is 8. The molecule has 3 heterocycles. The average Bonchev–Trinajstić information content (AvgIpc) is 3.66. The van der Waals surface area contributed by atoms with Crippen LogP contribution in [0.4, 0.5) is 0 Å². The largest absolute Gasteiger partial charge is 0.497 e. The van der Waals surface area contributed by atoms with Gasteiger partial charge in [-0.3, -0.25) is 9.59 Å². The molecule has 2 unspecified atom stereocenters. The Morgan fingerprint density at radius 1 is 1.10 bits per heavy atom. The third-order valence-electron chi connectivity index (χ3n) is 10.2. The van der Waals surface area contributed by atoms with Gasteiger partial charge in [0, 0.05) is 54.6 Å². The summed E-state index contributed by atoms with van der Waals surface area (Å²) in [4.78, 5) is 29.3. The van der Waals surface area contributed by atoms with Gasteiger partial charge in [0.1, 0.15) is 5.75 Å². The van der Waals surface area contributed by atoms with Crippen LogP contribution in [-0.2, 0) is 11.3 Å². The summed E-state index contributed by atoms with van der Waals surface area (Å²) in [6, 6.07) is 12.5. The second-order valence-electron chi connectivity index (χ2n) is 13.1. The molecule has 0 bridgehead atoms. The van der Waals surface area contributed by atoms with E-state index in [2.05, 4.69) is 41.9 Å². The van der Waals surface area contributed by atoms with E-state index in [1.54, 1.807) is 14.2 Å². The molecular formula is C35H45N3O4. The van der Waals surface area contributed by atoms with Crippen LogP contribution < -0.4 is 10.1 Å². The summed E-state index contributed by atoms with van der Waals surface area (Å²) < 4.78 is 8.08. The van der Waals surface area contributed by atoms with Crippen molar-refractivity contribution in [2.45, 2.75) is 89.7 Å². The Kier molecular flexibility index (Phi) is 7.37. The van der Waals surface area contributed by atoms with Gasteiger partial charge < -0.3 is 24.6 Å². The van der Waals surface area contributed by atoms with Crippen LogP contribution in [0.1, 0.15) is 99.0 Å². The highest BCUT2D eigenvalue weighted by Gasteiger charge is 2.64. The van der Waals surface area contributed by atoms with E-state index in [9.17, 15) is 14.7 Å². The third kappa shape index (κ3) is 4.61. The number of carbonyl (C=O) groups is 2. The fraction of sp³-hybridized carbons (Fsp3) is 0.543. The number of nitrogens with zero attached hydrogens (tertiary/aromatic N) is 2. The van der Waals surface area contributed by atoms with Crippen LogP contribution in [-0.4, -0.2) is 59.2 Å². The number of benzene rings is 2. The average molecular weight is 572 g/mol. The predicted molar refractivity (Wildman–Crippen MR) is 166 cm³/mol. The number of methoxy groups -OCH3 is 1. The van der Waals surface area contributed by atoms with Crippen molar-refractivity contribution >= 4 is 22.7 Å². The number of hydrogen-bond donors (Lipinski definition) is 2. The van der Waals surface area contributed by atoms with Gasteiger partial charge in [-0.25, -0.2) is 0 Å². The summed E-state index contributed by atoms with van der Waals surface area (Å²) >= 11 is 0. The molecule has 0 radical (unpaired) electrons. The molecule has 1 aromatic heterocycles. The molecule has 6 rings (SSSR count). The molecule has 2 atom stereocenters. The quantitative estimate of drug-likeness (QED) is 0.336. The molecule has 1 saturated heterocycles. The molecular weight excluding hydrogens is 526 g/mol. The van der Waals surface area contributed by atoms with Crippen molar-refractivity contribution in [1.29, 1.82) is 0 Å². The summed E-state index contributed by atoms with van der Waals surface area (Å²) in [6.07, 6.45) is 6.33. The number of ether oxygens (including phenoxy) is 1. The van der Waals surface area contributed by atoms with E-state index in [0.717, 1.165) is 43.4 Å². The molecule has 3 aliphatic rings. The number of hydrogen-bond acceptors (Lipinski definition) is 4. The molecule has 2 amide bonds. The molecule has 2 fully saturated rings. The zero-order valence-corrected chi connectivity index (χ0v) is 25.8. The maximum Gasteiger partial charge on any atom is 0.251 e. The van der Waals surface area contributed by atoms with Gasteiger partial charge in [-0.1, -0.05) is 32.8 Å². The number of piperidine rings is 1. The first-order valence-corrected chi connectivity index (χ1v) is 15.8. The molecule has 42 heavy (non-hydrogen) atoms. The fourth-order valence-corrected chi connectivity index (χ4v) is 7.81. The van der Waals surface area contributed by atoms with Crippen LogP contribution >= 0.6 is 0 Å². The van der Waals surface area contributed by atoms with E-state index in [0.29, 0.717) is 44.0 Å². The van der Waals surface area contributed by atoms with Gasteiger partial charge in [0.05, 0.1) is 23.8 Å². The number of aromatic nitrogens is 1. The van der Waals surface area contributed by atoms with Crippen LogP contribution in [0.3, 0.4) is 0 Å². The highest BCUT2D eigenvalue weighted by molar-refractivity contribution is 6.01. The lowest BCUT2D eigenvalue weighted by molar-refractivity contribution is -0.141. The lowest BCUT2D eigenvalue weighted by Gasteiger charge is -2.38. The molecule has 1 saturated carbocycles. The second kappa shape index (κ2) is 10.7. The van der Waals surface area contributed by atoms with E-state index in [1.165, 1.54) is 27.8 Å². The van der Waals surface area contributed by atoms with Crippen LogP contribution in [0.25, 0.3) is 22.2 Å². The van der Waals surface area contributed by atoms with Gasteiger partial charge in [0.15, 0.2) is 0 Å². The van der Waals surface area contributed by atoms with Crippen molar-refractivity contribution in [3.8, 4) is 17.0 Å². The smallest absolute Gasteiger partial charge is 0.251 e. The van der Waals surface area contributed by atoms with Crippen LogP contribution in [0.15, 0.2) is 36.4 Å². The van der Waals surface area contributed by atoms with E-state index in [4.69, 9.17) is 4.74 Å². The minimum absolute atomic E-state index is 0.0956. The maximum absolute atomic E-state index is 14.5. The minimum atomic E-state index is -0.719. The van der Waals surface area contributed by atoms with Gasteiger partial charge in [-0.15, -0.1) is 0 Å². The van der Waals surface area contributed by atoms with Gasteiger partial charge in [-0.2, -0.15) is 0 Å². The summed E-state index contributed by atoms with van der Waals surface area (Å²) in [5, 5.41) is 14.6. The lowest BCUT2D eigenvalue weighted by atomic mass is 9.85. The molecule has 1 aliphatic carbocycles. The molecule has 2 aromatic carbocycles. The Balaban J connectivity index is 1.59. The fourth-order valence-electron chi connectivity index (χ4n) is 7.81. The normalized spacial score (nSPS) is 22.3. The monoisotopic (exact) mass is 571 g/mol. The van der Waals surface area contributed by atoms with Crippen molar-refractivity contribution in [1.82, 2.24) is 14.8 Å². The Bertz CT molecular complexity index is 1520. The number of nitrogens with one attached hydrogen (secondary N) is 1. The van der Waals surface area contributed by atoms with Gasteiger partial charge in [-0.05, 0) is 86.4 Å². The first kappa shape index (κ1) is 28.8. The maximum atomic E-state index is 14.5. The zero-order valence-electron chi connectivity index (χ0n) is 25.8. The highest BCUT2D eigenvalue weighted by Crippen LogP contribution is 2.66. The summed E-state index contributed by atoms with van der Waals surface area (Å²) in [5.41, 5.74) is 5.29. The second-order valence-corrected chi connectivity index (χ2v) is 13.1. The molecule has 2 aliphatic heterocycles. The van der Waals surface area contributed by atoms with Gasteiger partial charge in [0.25, 0.3) is 5.91 Å². The first-order valence-electron chi connectivity index (χ1n) is 15.8. The summed E-state index contributed by atoms with van der Waals surface area (Å²) in [6.45, 7) is 8.10. The van der Waals surface area contributed by atoms with Gasteiger partial charge in [0.2, 0.25) is 5.91 Å². The topological polar surface area (TPSA) is 83.8 Å². The SMILES string of the molecule is CCCC(CCC)c1c2n(c3cc(C(=O)NC)ccc13)CC1(C(=O)N3CCC(C)(O)CC3)CC1c1cc(OC)ccc1-2. The van der Waals surface area contributed by atoms with E-state index >= 15 is 0 Å². The number of aliphatic hydroxyl groups is 1. The van der Waals surface area contributed by atoms with E-state index in [1.807, 2.05) is 30.0 Å². The molecule has 224 valence electrons. The Labute approximate surface area is 249 Å². The summed E-state index contributed by atoms with van der Waals surface area (Å²) in [5.74, 6) is 1.36. The molecule has 0 spiro atoms. The highest BCUT2D eigenvalue weighted by atomic mass is 16.5. The van der Waals surface area contributed by atoms with Crippen LogP contribution in [0.2, 0.25) is 0 Å². The number of likely N-dealkylation sites (tertiary alicyclic amines) is 1. The van der Waals surface area contributed by atoms with Gasteiger partial charge >= 0.3 is 0 Å². The van der Waals surface area contributed by atoms with Crippen molar-refractivity contribution in [3.05, 3.63) is 53.1 Å². The van der Waals surface area contributed by atoms with Crippen molar-refractivity contribution < 1.29 is 19.4 Å². The summed E-state index contributed by atoms with van der Waals surface area (Å²) in [7, 11) is 3.36. The number of amides is 2. The molecule has 3 aromatic rings. The predicted octanol–water partition coefficient (Wildman–Crippen LogP) is 6.22. The number of carbonyl (C=O) groups excluding carboxylic acids is 2. The lowest BCUT2D eigenvalue weighted by Crippen LogP contribution is -2.48. The standard InChI is InChI=1S/C35H45N3O4/c1-6-8-22(9-7-2)30-26-12-10-23(32(39)36-4)18-29(26)38-21-35(33(40)37-16-14-34(3,41)15-17-37)20-28(35)27-19-24(42-5)11-13-25(27)31(30)38/h10-13,18-19,22,28,41H,6-9,14-17,20-21H2,1-5H3,(H,36,39). The number of fused-ring (bicyclic) bond motifs is 7. The molecule has 2 N–H and O–H groups in total. The Hall–Kier alpha value is -3.32. The van der Waals surface area contributed by atoms with Crippen molar-refractivity contribution in [2.24, 2.45) is 5.41 Å². The minimum Gasteiger partial charge on any atom is -0.497 e. The van der Waals surface area contributed by atoms with E-state index < -0.39 is 11.0 Å². The first-order chi connectivity index (χ1) is 20.2. The zero-order chi connectivity index (χ0) is 29.8. The third-order valence-corrected chi connectivity index (χ3v) is 10.2. The molecule has 7 heteroatoms. The molecule has 7 nitrogen and oxygen atoms in total. The van der Waals surface area contributed by atoms with Crippen molar-refractivity contribution in [2.75, 3.05) is 27.2 Å². The Morgan fingerprint density at radius 2 is 1.81 bits per heavy atom. The van der Waals surface area contributed by atoms with Crippen LogP contribution in [0.5, 0.6) is 5.75 Å². The van der Waals surface area contributed by atoms with Crippen molar-refractivity contribution in [3.63, 3.8) is 0 Å². The Morgan fingerprint density at radius 3 is 2.45 bits per heavy atom. The van der Waals surface area contributed by atoms with Crippen LogP contribution in [0, 0.1) is 5.41 Å².